The standard InChI is InChI=1S/C15H17FN2O3/c1-10-14(11(2)21-18-10)7-8-17-15(19)9-20-13-5-3-12(16)4-6-13/h3-6H,7-9H2,1-2H3,(H,17,19). The molecule has 112 valence electrons. The fourth-order valence-corrected chi connectivity index (χ4v) is 1.92. The van der Waals surface area contributed by atoms with Crippen LogP contribution in [0.5, 0.6) is 5.75 Å². The zero-order chi connectivity index (χ0) is 15.2. The Hall–Kier alpha value is -2.37. The highest BCUT2D eigenvalue weighted by molar-refractivity contribution is 5.77. The number of hydrogen-bond donors (Lipinski definition) is 1. The second-order valence-corrected chi connectivity index (χ2v) is 4.65. The molecule has 1 amide bonds. The van der Waals surface area contributed by atoms with Gasteiger partial charge in [-0.2, -0.15) is 0 Å². The number of ether oxygens (including phenoxy) is 1. The Morgan fingerprint density at radius 1 is 1.33 bits per heavy atom. The third kappa shape index (κ3) is 4.30. The Balaban J connectivity index is 1.71. The molecule has 1 N–H and O–H groups in total. The van der Waals surface area contributed by atoms with Gasteiger partial charge in [-0.15, -0.1) is 0 Å². The number of halogens is 1. The Labute approximate surface area is 122 Å². The van der Waals surface area contributed by atoms with E-state index in [1.807, 2.05) is 13.8 Å². The van der Waals surface area contributed by atoms with Gasteiger partial charge in [-0.3, -0.25) is 4.79 Å². The molecule has 0 spiro atoms. The first-order chi connectivity index (χ1) is 10.1. The van der Waals surface area contributed by atoms with Crippen molar-refractivity contribution in [1.82, 2.24) is 10.5 Å². The van der Waals surface area contributed by atoms with Gasteiger partial charge in [-0.25, -0.2) is 4.39 Å². The van der Waals surface area contributed by atoms with E-state index in [2.05, 4.69) is 10.5 Å². The highest BCUT2D eigenvalue weighted by Crippen LogP contribution is 2.12. The average molecular weight is 292 g/mol. The van der Waals surface area contributed by atoms with Gasteiger partial charge in [0, 0.05) is 12.1 Å². The number of carbonyl (C=O) groups is 1. The van der Waals surface area contributed by atoms with E-state index in [0.29, 0.717) is 18.7 Å². The van der Waals surface area contributed by atoms with Crippen LogP contribution in [0.2, 0.25) is 0 Å². The maximum Gasteiger partial charge on any atom is 0.257 e. The summed E-state index contributed by atoms with van der Waals surface area (Å²) in [5.41, 5.74) is 1.85. The van der Waals surface area contributed by atoms with Crippen LogP contribution >= 0.6 is 0 Å². The average Bonchev–Trinajstić information content (AvgIpc) is 2.78. The summed E-state index contributed by atoms with van der Waals surface area (Å²) in [4.78, 5) is 11.6. The lowest BCUT2D eigenvalue weighted by Gasteiger charge is -2.07. The van der Waals surface area contributed by atoms with Crippen LogP contribution in [0.1, 0.15) is 17.0 Å². The smallest absolute Gasteiger partial charge is 0.257 e. The predicted octanol–water partition coefficient (Wildman–Crippen LogP) is 2.17. The van der Waals surface area contributed by atoms with Crippen LogP contribution in [0, 0.1) is 19.7 Å². The van der Waals surface area contributed by atoms with Crippen LogP contribution in [0.4, 0.5) is 4.39 Å². The molecule has 1 heterocycles. The number of nitrogens with one attached hydrogen (secondary N) is 1. The van der Waals surface area contributed by atoms with Gasteiger partial charge < -0.3 is 14.6 Å². The topological polar surface area (TPSA) is 64.4 Å². The maximum atomic E-state index is 12.7. The molecule has 1 aromatic heterocycles. The number of aromatic nitrogens is 1. The molecule has 0 saturated carbocycles. The van der Waals surface area contributed by atoms with E-state index in [4.69, 9.17) is 9.26 Å². The van der Waals surface area contributed by atoms with E-state index < -0.39 is 0 Å². The highest BCUT2D eigenvalue weighted by Gasteiger charge is 2.09. The third-order valence-corrected chi connectivity index (χ3v) is 3.06. The van der Waals surface area contributed by atoms with Crippen molar-refractivity contribution in [1.29, 1.82) is 0 Å². The van der Waals surface area contributed by atoms with Crippen molar-refractivity contribution >= 4 is 5.91 Å². The van der Waals surface area contributed by atoms with Gasteiger partial charge in [-0.05, 0) is 44.5 Å². The minimum absolute atomic E-state index is 0.104. The fourth-order valence-electron chi connectivity index (χ4n) is 1.92. The van der Waals surface area contributed by atoms with Crippen LogP contribution in [-0.4, -0.2) is 24.2 Å². The molecule has 0 bridgehead atoms. The highest BCUT2D eigenvalue weighted by atomic mass is 19.1. The van der Waals surface area contributed by atoms with Crippen LogP contribution < -0.4 is 10.1 Å². The van der Waals surface area contributed by atoms with Crippen molar-refractivity contribution in [2.24, 2.45) is 0 Å². The van der Waals surface area contributed by atoms with Crippen LogP contribution in [0.25, 0.3) is 0 Å². The van der Waals surface area contributed by atoms with Crippen LogP contribution in [0.15, 0.2) is 28.8 Å². The van der Waals surface area contributed by atoms with Gasteiger partial charge in [0.1, 0.15) is 17.3 Å². The molecule has 6 heteroatoms. The number of rotatable bonds is 6. The number of carbonyl (C=O) groups excluding carboxylic acids is 1. The van der Waals surface area contributed by atoms with Gasteiger partial charge in [0.2, 0.25) is 0 Å². The number of amides is 1. The molecule has 0 aliphatic heterocycles. The fraction of sp³-hybridized carbons (Fsp3) is 0.333. The number of benzene rings is 1. The summed E-state index contributed by atoms with van der Waals surface area (Å²) in [6, 6.07) is 5.52. The number of hydrogen-bond acceptors (Lipinski definition) is 4. The van der Waals surface area contributed by atoms with Crippen molar-refractivity contribution in [3.05, 3.63) is 47.1 Å². The summed E-state index contributed by atoms with van der Waals surface area (Å²) in [5, 5.41) is 6.60. The van der Waals surface area contributed by atoms with E-state index in [1.165, 1.54) is 24.3 Å². The van der Waals surface area contributed by atoms with E-state index >= 15 is 0 Å². The number of aryl methyl sites for hydroxylation is 2. The van der Waals surface area contributed by atoms with Crippen molar-refractivity contribution in [3.8, 4) is 5.75 Å². The Bertz CT molecular complexity index is 588. The first-order valence-electron chi connectivity index (χ1n) is 6.63. The predicted molar refractivity (Wildman–Crippen MR) is 74.6 cm³/mol. The molecular weight excluding hydrogens is 275 g/mol. The van der Waals surface area contributed by atoms with E-state index in [0.717, 1.165) is 17.0 Å². The van der Waals surface area contributed by atoms with Crippen LogP contribution in [-0.2, 0) is 11.2 Å². The molecular formula is C15H17FN2O3. The lowest BCUT2D eigenvalue weighted by Crippen LogP contribution is -2.30. The summed E-state index contributed by atoms with van der Waals surface area (Å²) < 4.78 is 23.0. The molecule has 2 aromatic rings. The summed E-state index contributed by atoms with van der Waals surface area (Å²) in [5.74, 6) is 0.652. The van der Waals surface area contributed by atoms with E-state index in [-0.39, 0.29) is 18.3 Å². The Morgan fingerprint density at radius 3 is 2.67 bits per heavy atom. The monoisotopic (exact) mass is 292 g/mol. The molecule has 0 aliphatic carbocycles. The third-order valence-electron chi connectivity index (χ3n) is 3.06. The molecule has 21 heavy (non-hydrogen) atoms. The first-order valence-corrected chi connectivity index (χ1v) is 6.63. The molecule has 0 saturated heterocycles. The largest absolute Gasteiger partial charge is 0.484 e. The molecule has 0 radical (unpaired) electrons. The summed E-state index contributed by atoms with van der Waals surface area (Å²) in [6.07, 6.45) is 0.656. The van der Waals surface area contributed by atoms with Gasteiger partial charge in [0.05, 0.1) is 5.69 Å². The molecule has 0 atom stereocenters. The normalized spacial score (nSPS) is 10.4. The Morgan fingerprint density at radius 2 is 2.05 bits per heavy atom. The van der Waals surface area contributed by atoms with Gasteiger partial charge in [-0.1, -0.05) is 5.16 Å². The second-order valence-electron chi connectivity index (χ2n) is 4.65. The zero-order valence-electron chi connectivity index (χ0n) is 12.0. The molecule has 0 aliphatic rings. The second kappa shape index (κ2) is 6.88. The molecule has 0 unspecified atom stereocenters. The number of nitrogens with zero attached hydrogens (tertiary/aromatic N) is 1. The molecule has 5 nitrogen and oxygen atoms in total. The Kier molecular flexibility index (Phi) is 4.92. The summed E-state index contributed by atoms with van der Waals surface area (Å²) in [7, 11) is 0. The first kappa shape index (κ1) is 15.0. The summed E-state index contributed by atoms with van der Waals surface area (Å²) >= 11 is 0. The van der Waals surface area contributed by atoms with Gasteiger partial charge in [0.15, 0.2) is 6.61 Å². The minimum atomic E-state index is -0.341. The quantitative estimate of drug-likeness (QED) is 0.886. The van der Waals surface area contributed by atoms with Crippen molar-refractivity contribution < 1.29 is 18.4 Å². The van der Waals surface area contributed by atoms with Gasteiger partial charge >= 0.3 is 0 Å². The van der Waals surface area contributed by atoms with E-state index in [9.17, 15) is 9.18 Å². The zero-order valence-corrected chi connectivity index (χ0v) is 12.0. The minimum Gasteiger partial charge on any atom is -0.484 e. The van der Waals surface area contributed by atoms with Crippen molar-refractivity contribution in [2.75, 3.05) is 13.2 Å². The molecule has 1 aromatic carbocycles. The van der Waals surface area contributed by atoms with Gasteiger partial charge in [0.25, 0.3) is 5.91 Å². The summed E-state index contributed by atoms with van der Waals surface area (Å²) in [6.45, 7) is 4.09. The SMILES string of the molecule is Cc1noc(C)c1CCNC(=O)COc1ccc(F)cc1. The van der Waals surface area contributed by atoms with Crippen molar-refractivity contribution in [2.45, 2.75) is 20.3 Å². The maximum absolute atomic E-state index is 12.7. The molecule has 2 rings (SSSR count). The lowest BCUT2D eigenvalue weighted by molar-refractivity contribution is -0.123. The van der Waals surface area contributed by atoms with E-state index in [1.54, 1.807) is 0 Å². The molecule has 0 fully saturated rings. The lowest BCUT2D eigenvalue weighted by atomic mass is 10.1. The van der Waals surface area contributed by atoms with Crippen molar-refractivity contribution in [3.63, 3.8) is 0 Å². The van der Waals surface area contributed by atoms with Crippen LogP contribution in [0.3, 0.4) is 0 Å².